The number of halogens is 1. The standard InChI is InChI=1S/C19H21FO3/c1-22-15-8-9-17-13(11-15)5-3-7-16(18(17)21)14-6-4-10-19(20,12-14)23-2/h4,6,8-11,16H,3,5,7,12H2,1-2H3. The number of carbonyl (C=O) groups is 1. The maximum Gasteiger partial charge on any atom is 0.232 e. The van der Waals surface area contributed by atoms with Crippen molar-refractivity contribution in [3.63, 3.8) is 0 Å². The van der Waals surface area contributed by atoms with Crippen molar-refractivity contribution in [2.45, 2.75) is 31.5 Å². The van der Waals surface area contributed by atoms with E-state index in [1.165, 1.54) is 13.2 Å². The lowest BCUT2D eigenvalue weighted by atomic mass is 9.83. The fourth-order valence-electron chi connectivity index (χ4n) is 3.40. The Bertz CT molecular complexity index is 677. The summed E-state index contributed by atoms with van der Waals surface area (Å²) < 4.78 is 24.6. The summed E-state index contributed by atoms with van der Waals surface area (Å²) in [5.74, 6) is -1.25. The Balaban J connectivity index is 1.91. The van der Waals surface area contributed by atoms with E-state index in [1.54, 1.807) is 13.2 Å². The molecule has 1 aromatic carbocycles. The van der Waals surface area contributed by atoms with E-state index in [0.717, 1.165) is 41.7 Å². The maximum atomic E-state index is 14.5. The summed E-state index contributed by atoms with van der Waals surface area (Å²) in [6, 6.07) is 5.56. The van der Waals surface area contributed by atoms with E-state index in [4.69, 9.17) is 9.47 Å². The van der Waals surface area contributed by atoms with Crippen LogP contribution in [-0.4, -0.2) is 25.9 Å². The lowest BCUT2D eigenvalue weighted by Crippen LogP contribution is -2.29. The number of Topliss-reactive ketones (excluding diaryl/α,β-unsaturated/α-hetero) is 1. The van der Waals surface area contributed by atoms with E-state index >= 15 is 0 Å². The zero-order valence-corrected chi connectivity index (χ0v) is 13.5. The molecule has 0 N–H and O–H groups in total. The number of fused-ring (bicyclic) bond motifs is 1. The number of methoxy groups -OCH3 is 2. The van der Waals surface area contributed by atoms with Gasteiger partial charge in [-0.15, -0.1) is 0 Å². The number of benzene rings is 1. The number of alkyl halides is 1. The van der Waals surface area contributed by atoms with Gasteiger partial charge < -0.3 is 9.47 Å². The molecule has 0 saturated heterocycles. The summed E-state index contributed by atoms with van der Waals surface area (Å²) in [5.41, 5.74) is 2.55. The van der Waals surface area contributed by atoms with Crippen LogP contribution in [0.1, 0.15) is 35.2 Å². The molecule has 1 aromatic rings. The van der Waals surface area contributed by atoms with Gasteiger partial charge in [0.1, 0.15) is 5.75 Å². The Kier molecular flexibility index (Phi) is 4.35. The zero-order valence-electron chi connectivity index (χ0n) is 13.5. The van der Waals surface area contributed by atoms with Gasteiger partial charge in [0.25, 0.3) is 0 Å². The molecule has 0 bridgehead atoms. The smallest absolute Gasteiger partial charge is 0.232 e. The van der Waals surface area contributed by atoms with Crippen molar-refractivity contribution >= 4 is 5.78 Å². The molecule has 0 amide bonds. The molecule has 23 heavy (non-hydrogen) atoms. The molecule has 0 saturated carbocycles. The highest BCUT2D eigenvalue weighted by Crippen LogP contribution is 2.37. The molecule has 0 heterocycles. The predicted octanol–water partition coefficient (Wildman–Crippen LogP) is 4.03. The monoisotopic (exact) mass is 316 g/mol. The van der Waals surface area contributed by atoms with Crippen molar-refractivity contribution in [1.82, 2.24) is 0 Å². The summed E-state index contributed by atoms with van der Waals surface area (Å²) in [4.78, 5) is 13.0. The molecule has 2 atom stereocenters. The molecule has 0 radical (unpaired) electrons. The van der Waals surface area contributed by atoms with Gasteiger partial charge in [0.15, 0.2) is 5.78 Å². The van der Waals surface area contributed by atoms with E-state index < -0.39 is 5.85 Å². The SMILES string of the molecule is COc1ccc2c(c1)CCCC(C1=CC=CC(F)(OC)C1)C2=O. The molecule has 0 spiro atoms. The third-order valence-electron chi connectivity index (χ3n) is 4.72. The lowest BCUT2D eigenvalue weighted by molar-refractivity contribution is -0.0799. The number of rotatable bonds is 3. The van der Waals surface area contributed by atoms with Crippen molar-refractivity contribution in [2.75, 3.05) is 14.2 Å². The minimum absolute atomic E-state index is 0.0696. The van der Waals surface area contributed by atoms with Crippen LogP contribution in [0.2, 0.25) is 0 Å². The molecule has 3 nitrogen and oxygen atoms in total. The molecule has 4 heteroatoms. The van der Waals surface area contributed by atoms with Gasteiger partial charge in [0.05, 0.1) is 7.11 Å². The fraction of sp³-hybridized carbons (Fsp3) is 0.421. The normalized spacial score (nSPS) is 27.2. The second kappa shape index (κ2) is 6.28. The number of ether oxygens (including phenoxy) is 2. The topological polar surface area (TPSA) is 35.5 Å². The number of allylic oxidation sites excluding steroid dienone is 2. The van der Waals surface area contributed by atoms with E-state index in [0.29, 0.717) is 0 Å². The molecule has 0 aromatic heterocycles. The lowest BCUT2D eigenvalue weighted by Gasteiger charge is -2.27. The van der Waals surface area contributed by atoms with E-state index in [-0.39, 0.29) is 18.1 Å². The molecule has 2 aliphatic rings. The molecule has 122 valence electrons. The molecular formula is C19H21FO3. The van der Waals surface area contributed by atoms with Crippen molar-refractivity contribution in [3.05, 3.63) is 53.1 Å². The second-order valence-electron chi connectivity index (χ2n) is 6.10. The first-order valence-electron chi connectivity index (χ1n) is 7.90. The Morgan fingerprint density at radius 1 is 1.30 bits per heavy atom. The van der Waals surface area contributed by atoms with Crippen molar-refractivity contribution in [1.29, 1.82) is 0 Å². The van der Waals surface area contributed by atoms with Crippen LogP contribution in [0, 0.1) is 5.92 Å². The number of aryl methyl sites for hydroxylation is 1. The minimum Gasteiger partial charge on any atom is -0.497 e. The first kappa shape index (κ1) is 15.9. The highest BCUT2D eigenvalue weighted by molar-refractivity contribution is 6.01. The van der Waals surface area contributed by atoms with Crippen LogP contribution in [0.25, 0.3) is 0 Å². The van der Waals surface area contributed by atoms with Crippen LogP contribution in [0.3, 0.4) is 0 Å². The van der Waals surface area contributed by atoms with E-state index in [9.17, 15) is 9.18 Å². The Hall–Kier alpha value is -1.94. The first-order valence-corrected chi connectivity index (χ1v) is 7.90. The molecular weight excluding hydrogens is 295 g/mol. The third-order valence-corrected chi connectivity index (χ3v) is 4.72. The average molecular weight is 316 g/mol. The van der Waals surface area contributed by atoms with Crippen LogP contribution in [0.15, 0.2) is 42.0 Å². The summed E-state index contributed by atoms with van der Waals surface area (Å²) in [7, 11) is 2.97. The highest BCUT2D eigenvalue weighted by Gasteiger charge is 2.35. The molecule has 2 unspecified atom stereocenters. The maximum absolute atomic E-state index is 14.5. The van der Waals surface area contributed by atoms with Gasteiger partial charge >= 0.3 is 0 Å². The minimum atomic E-state index is -1.81. The van der Waals surface area contributed by atoms with Crippen LogP contribution in [0.4, 0.5) is 4.39 Å². The van der Waals surface area contributed by atoms with Gasteiger partial charge in [0.2, 0.25) is 5.85 Å². The van der Waals surface area contributed by atoms with Crippen molar-refractivity contribution in [3.8, 4) is 5.75 Å². The van der Waals surface area contributed by atoms with Crippen molar-refractivity contribution in [2.24, 2.45) is 5.92 Å². The first-order chi connectivity index (χ1) is 11.1. The van der Waals surface area contributed by atoms with Gasteiger partial charge in [-0.05, 0) is 49.1 Å². The van der Waals surface area contributed by atoms with Crippen molar-refractivity contribution < 1.29 is 18.7 Å². The van der Waals surface area contributed by atoms with Gasteiger partial charge in [0, 0.05) is 25.0 Å². The Labute approximate surface area is 135 Å². The number of carbonyl (C=O) groups excluding carboxylic acids is 1. The fourth-order valence-corrected chi connectivity index (χ4v) is 3.40. The molecule has 0 aliphatic heterocycles. The summed E-state index contributed by atoms with van der Waals surface area (Å²) >= 11 is 0. The highest BCUT2D eigenvalue weighted by atomic mass is 19.2. The van der Waals surface area contributed by atoms with Gasteiger partial charge in [-0.3, -0.25) is 4.79 Å². The molecule has 2 aliphatic carbocycles. The van der Waals surface area contributed by atoms with E-state index in [1.807, 2.05) is 24.3 Å². The Morgan fingerprint density at radius 3 is 2.87 bits per heavy atom. The average Bonchev–Trinajstić information content (AvgIpc) is 2.73. The predicted molar refractivity (Wildman–Crippen MR) is 86.4 cm³/mol. The summed E-state index contributed by atoms with van der Waals surface area (Å²) in [6.45, 7) is 0. The summed E-state index contributed by atoms with van der Waals surface area (Å²) in [6.07, 6.45) is 7.48. The van der Waals surface area contributed by atoms with Gasteiger partial charge in [-0.25, -0.2) is 4.39 Å². The quantitative estimate of drug-likeness (QED) is 0.790. The van der Waals surface area contributed by atoms with Gasteiger partial charge in [-0.2, -0.15) is 0 Å². The van der Waals surface area contributed by atoms with Crippen LogP contribution in [-0.2, 0) is 11.2 Å². The number of ketones is 1. The number of hydrogen-bond donors (Lipinski definition) is 0. The molecule has 3 rings (SSSR count). The zero-order chi connectivity index (χ0) is 16.4. The van der Waals surface area contributed by atoms with Gasteiger partial charge in [-0.1, -0.05) is 17.7 Å². The van der Waals surface area contributed by atoms with Crippen LogP contribution in [0.5, 0.6) is 5.75 Å². The Morgan fingerprint density at radius 2 is 2.13 bits per heavy atom. The van der Waals surface area contributed by atoms with Crippen LogP contribution >= 0.6 is 0 Å². The third kappa shape index (κ3) is 3.08. The molecule has 0 fully saturated rings. The van der Waals surface area contributed by atoms with E-state index in [2.05, 4.69) is 0 Å². The largest absolute Gasteiger partial charge is 0.497 e. The summed E-state index contributed by atoms with van der Waals surface area (Å²) in [5, 5.41) is 0. The number of hydrogen-bond acceptors (Lipinski definition) is 3. The second-order valence-corrected chi connectivity index (χ2v) is 6.10. The van der Waals surface area contributed by atoms with Crippen LogP contribution < -0.4 is 4.74 Å².